The summed E-state index contributed by atoms with van der Waals surface area (Å²) in [6.45, 7) is 6.66. The lowest BCUT2D eigenvalue weighted by atomic mass is 10.0. The summed E-state index contributed by atoms with van der Waals surface area (Å²) in [5.41, 5.74) is 0. The molecule has 0 saturated carbocycles. The van der Waals surface area contributed by atoms with Crippen LogP contribution in [0, 0.1) is 0 Å². The van der Waals surface area contributed by atoms with Gasteiger partial charge in [0.25, 0.3) is 0 Å². The van der Waals surface area contributed by atoms with E-state index in [1.807, 2.05) is 0 Å². The number of esters is 3. The monoisotopic (exact) mass is 1120 g/mol. The van der Waals surface area contributed by atoms with Crippen LogP contribution in [0.5, 0.6) is 0 Å². The van der Waals surface area contributed by atoms with Crippen LogP contribution in [0.1, 0.15) is 374 Å². The van der Waals surface area contributed by atoms with Gasteiger partial charge in [0.2, 0.25) is 0 Å². The van der Waals surface area contributed by atoms with Crippen molar-refractivity contribution in [3.8, 4) is 0 Å². The second-order valence-corrected chi connectivity index (χ2v) is 23.8. The molecule has 0 fully saturated rings. The van der Waals surface area contributed by atoms with Gasteiger partial charge in [-0.2, -0.15) is 0 Å². The topological polar surface area (TPSA) is 78.9 Å². The van der Waals surface area contributed by atoms with Gasteiger partial charge in [-0.1, -0.05) is 306 Å². The summed E-state index contributed by atoms with van der Waals surface area (Å²) in [6.07, 6.45) is 88.1. The van der Waals surface area contributed by atoms with Crippen molar-refractivity contribution in [3.63, 3.8) is 0 Å². The summed E-state index contributed by atoms with van der Waals surface area (Å²) in [4.78, 5) is 38.5. The highest BCUT2D eigenvalue weighted by Crippen LogP contribution is 2.17. The molecule has 0 rings (SSSR count). The average Bonchev–Trinajstić information content (AvgIpc) is 3.46. The smallest absolute Gasteiger partial charge is 0.306 e. The Balaban J connectivity index is 4.35. The summed E-state index contributed by atoms with van der Waals surface area (Å²) in [5, 5.41) is 0. The van der Waals surface area contributed by atoms with E-state index < -0.39 is 6.10 Å². The summed E-state index contributed by atoms with van der Waals surface area (Å²) in [7, 11) is 0. The average molecular weight is 1120 g/mol. The quantitative estimate of drug-likeness (QED) is 0.0261. The molecular formula is C74H134O6. The van der Waals surface area contributed by atoms with Gasteiger partial charge in [0.1, 0.15) is 13.2 Å². The lowest BCUT2D eigenvalue weighted by Crippen LogP contribution is -2.30. The van der Waals surface area contributed by atoms with E-state index in [0.717, 1.165) is 77.0 Å². The van der Waals surface area contributed by atoms with Crippen LogP contribution < -0.4 is 0 Å². The van der Waals surface area contributed by atoms with Crippen molar-refractivity contribution in [3.05, 3.63) is 60.8 Å². The number of unbranched alkanes of at least 4 members (excludes halogenated alkanes) is 44. The minimum absolute atomic E-state index is 0.0765. The van der Waals surface area contributed by atoms with E-state index in [2.05, 4.69) is 81.5 Å². The van der Waals surface area contributed by atoms with Crippen molar-refractivity contribution in [1.29, 1.82) is 0 Å². The van der Waals surface area contributed by atoms with Crippen LogP contribution in [0.15, 0.2) is 60.8 Å². The summed E-state index contributed by atoms with van der Waals surface area (Å²) < 4.78 is 17.0. The zero-order valence-corrected chi connectivity index (χ0v) is 53.6. The SMILES string of the molecule is CCCCCC/C=C\C/C=C\CCCCCCCCCC(=O)OCC(COC(=O)CCCCCCCCCCCCC/C=C\CCCCCCCCCC)OC(=O)CCCCCCCCCCC/C=C\C/C=C\CCCCCCC. The molecule has 0 aliphatic heterocycles. The van der Waals surface area contributed by atoms with Gasteiger partial charge >= 0.3 is 17.9 Å². The van der Waals surface area contributed by atoms with Gasteiger partial charge in [-0.15, -0.1) is 0 Å². The molecule has 80 heavy (non-hydrogen) atoms. The second kappa shape index (κ2) is 68.6. The normalized spacial score (nSPS) is 12.4. The van der Waals surface area contributed by atoms with Crippen LogP contribution in [0.2, 0.25) is 0 Å². The molecule has 1 unspecified atom stereocenters. The molecule has 0 heterocycles. The van der Waals surface area contributed by atoms with Crippen LogP contribution >= 0.6 is 0 Å². The van der Waals surface area contributed by atoms with E-state index >= 15 is 0 Å². The Hall–Kier alpha value is -2.89. The van der Waals surface area contributed by atoms with Crippen LogP contribution in [-0.4, -0.2) is 37.2 Å². The van der Waals surface area contributed by atoms with E-state index in [1.54, 1.807) is 0 Å². The van der Waals surface area contributed by atoms with Crippen LogP contribution in [0.3, 0.4) is 0 Å². The maximum atomic E-state index is 13.0. The van der Waals surface area contributed by atoms with Crippen molar-refractivity contribution in [2.45, 2.75) is 380 Å². The standard InChI is InChI=1S/C74H134O6/c1-4-7-10-13-16-19-22-25-28-31-34-36-37-39-40-43-46-49-52-55-58-61-64-67-73(76)79-70-71(69-78-72(75)66-63-60-57-54-51-48-45-42-33-30-27-24-21-18-15-12-9-6-3)80-74(77)68-65-62-59-56-53-50-47-44-41-38-35-32-29-26-23-20-17-14-11-8-5-2/h21,23-24,26,30-35,71H,4-20,22,25,27-29,36-70H2,1-3H3/b24-21-,26-23-,33-30-,34-31-,35-32-. The zero-order chi connectivity index (χ0) is 57.8. The fourth-order valence-corrected chi connectivity index (χ4v) is 10.4. The lowest BCUT2D eigenvalue weighted by molar-refractivity contribution is -0.167. The third-order valence-corrected chi connectivity index (χ3v) is 15.7. The predicted molar refractivity (Wildman–Crippen MR) is 348 cm³/mol. The van der Waals surface area contributed by atoms with Gasteiger partial charge in [0.05, 0.1) is 0 Å². The fraction of sp³-hybridized carbons (Fsp3) is 0.824. The Morgan fingerprint density at radius 3 is 0.713 bits per heavy atom. The molecule has 0 aromatic heterocycles. The summed E-state index contributed by atoms with van der Waals surface area (Å²) in [6, 6.07) is 0. The number of ether oxygens (including phenoxy) is 3. The minimum atomic E-state index is -0.782. The maximum absolute atomic E-state index is 13.0. The molecule has 0 aromatic rings. The van der Waals surface area contributed by atoms with Crippen LogP contribution in [0.4, 0.5) is 0 Å². The van der Waals surface area contributed by atoms with Crippen molar-refractivity contribution in [1.82, 2.24) is 0 Å². The van der Waals surface area contributed by atoms with E-state index in [9.17, 15) is 14.4 Å². The number of carbonyl (C=O) groups excluding carboxylic acids is 3. The Morgan fingerprint density at radius 1 is 0.250 bits per heavy atom. The van der Waals surface area contributed by atoms with Crippen molar-refractivity contribution < 1.29 is 28.6 Å². The Bertz CT molecular complexity index is 1430. The van der Waals surface area contributed by atoms with E-state index in [1.165, 1.54) is 257 Å². The number of allylic oxidation sites excluding steroid dienone is 10. The molecular weight excluding hydrogens is 985 g/mol. The van der Waals surface area contributed by atoms with Crippen molar-refractivity contribution in [2.75, 3.05) is 13.2 Å². The predicted octanol–water partition coefficient (Wildman–Crippen LogP) is 24.3. The first kappa shape index (κ1) is 77.1. The number of hydrogen-bond donors (Lipinski definition) is 0. The molecule has 0 bridgehead atoms. The van der Waals surface area contributed by atoms with Gasteiger partial charge in [-0.25, -0.2) is 0 Å². The van der Waals surface area contributed by atoms with Gasteiger partial charge in [-0.3, -0.25) is 14.4 Å². The highest BCUT2D eigenvalue weighted by Gasteiger charge is 2.19. The zero-order valence-electron chi connectivity index (χ0n) is 53.6. The van der Waals surface area contributed by atoms with E-state index in [-0.39, 0.29) is 31.1 Å². The molecule has 0 amide bonds. The van der Waals surface area contributed by atoms with Crippen molar-refractivity contribution >= 4 is 17.9 Å². The second-order valence-electron chi connectivity index (χ2n) is 23.8. The molecule has 0 aromatic carbocycles. The van der Waals surface area contributed by atoms with Crippen LogP contribution in [-0.2, 0) is 28.6 Å². The molecule has 0 N–H and O–H groups in total. The summed E-state index contributed by atoms with van der Waals surface area (Å²) in [5.74, 6) is -0.867. The van der Waals surface area contributed by atoms with Crippen molar-refractivity contribution in [2.24, 2.45) is 0 Å². The Kier molecular flexibility index (Phi) is 66.1. The molecule has 1 atom stereocenters. The third kappa shape index (κ3) is 65.9. The highest BCUT2D eigenvalue weighted by atomic mass is 16.6. The fourth-order valence-electron chi connectivity index (χ4n) is 10.4. The van der Waals surface area contributed by atoms with Gasteiger partial charge in [-0.05, 0) is 109 Å². The first-order chi connectivity index (χ1) is 39.5. The molecule has 0 radical (unpaired) electrons. The lowest BCUT2D eigenvalue weighted by Gasteiger charge is -2.18. The maximum Gasteiger partial charge on any atom is 0.306 e. The van der Waals surface area contributed by atoms with Gasteiger partial charge < -0.3 is 14.2 Å². The van der Waals surface area contributed by atoms with Crippen LogP contribution in [0.25, 0.3) is 0 Å². The Morgan fingerprint density at radius 2 is 0.450 bits per heavy atom. The molecule has 466 valence electrons. The summed E-state index contributed by atoms with van der Waals surface area (Å²) >= 11 is 0. The molecule has 0 aliphatic rings. The number of carbonyl (C=O) groups is 3. The first-order valence-corrected chi connectivity index (χ1v) is 35.3. The molecule has 0 aliphatic carbocycles. The Labute approximate surface area is 498 Å². The van der Waals surface area contributed by atoms with E-state index in [4.69, 9.17) is 14.2 Å². The molecule has 6 nitrogen and oxygen atoms in total. The number of hydrogen-bond acceptors (Lipinski definition) is 6. The minimum Gasteiger partial charge on any atom is -0.462 e. The first-order valence-electron chi connectivity index (χ1n) is 35.3. The van der Waals surface area contributed by atoms with Gasteiger partial charge in [0, 0.05) is 19.3 Å². The largest absolute Gasteiger partial charge is 0.462 e. The molecule has 0 spiro atoms. The molecule has 6 heteroatoms. The highest BCUT2D eigenvalue weighted by molar-refractivity contribution is 5.71. The number of rotatable bonds is 65. The van der Waals surface area contributed by atoms with E-state index in [0.29, 0.717) is 19.3 Å². The molecule has 0 saturated heterocycles. The third-order valence-electron chi connectivity index (χ3n) is 15.7. The van der Waals surface area contributed by atoms with Gasteiger partial charge in [0.15, 0.2) is 6.10 Å².